The van der Waals surface area contributed by atoms with Crippen molar-refractivity contribution in [3.63, 3.8) is 0 Å². The first-order chi connectivity index (χ1) is 9.83. The minimum absolute atomic E-state index is 0.00168. The van der Waals surface area contributed by atoms with E-state index in [2.05, 4.69) is 27.5 Å². The van der Waals surface area contributed by atoms with Crippen LogP contribution in [0, 0.1) is 0 Å². The first-order valence-electron chi connectivity index (χ1n) is 6.81. The monoisotopic (exact) mass is 272 g/mol. The quantitative estimate of drug-likeness (QED) is 0.722. The standard InChI is InChI=1S/C15H20N4O/c1-2-8-17-14-9-16-10-15(19-14)18-13(11-20)12-6-4-3-5-7-12/h3-7,9-10,13,20H,2,8,11H2,1H3,(H2,17,18,19). The average molecular weight is 272 g/mol. The van der Waals surface area contributed by atoms with E-state index in [1.807, 2.05) is 30.3 Å². The van der Waals surface area contributed by atoms with E-state index in [4.69, 9.17) is 0 Å². The first kappa shape index (κ1) is 14.3. The van der Waals surface area contributed by atoms with Crippen LogP contribution in [0.25, 0.3) is 0 Å². The molecule has 0 aliphatic heterocycles. The van der Waals surface area contributed by atoms with Crippen molar-refractivity contribution in [1.82, 2.24) is 9.97 Å². The van der Waals surface area contributed by atoms with Gasteiger partial charge in [0.2, 0.25) is 0 Å². The number of hydrogen-bond donors (Lipinski definition) is 3. The highest BCUT2D eigenvalue weighted by molar-refractivity contribution is 5.43. The zero-order valence-electron chi connectivity index (χ0n) is 11.6. The molecule has 0 aliphatic rings. The zero-order chi connectivity index (χ0) is 14.2. The molecule has 1 heterocycles. The lowest BCUT2D eigenvalue weighted by molar-refractivity contribution is 0.276. The van der Waals surface area contributed by atoms with Gasteiger partial charge in [0.15, 0.2) is 0 Å². The number of anilines is 2. The molecule has 1 aromatic carbocycles. The second kappa shape index (κ2) is 7.45. The summed E-state index contributed by atoms with van der Waals surface area (Å²) in [5, 5.41) is 15.9. The van der Waals surface area contributed by atoms with Gasteiger partial charge in [0.1, 0.15) is 11.6 Å². The molecule has 2 aromatic rings. The molecule has 0 fully saturated rings. The van der Waals surface area contributed by atoms with Gasteiger partial charge in [0, 0.05) is 6.54 Å². The Morgan fingerprint density at radius 3 is 2.60 bits per heavy atom. The van der Waals surface area contributed by atoms with Crippen LogP contribution in [-0.4, -0.2) is 28.2 Å². The van der Waals surface area contributed by atoms with Crippen molar-refractivity contribution in [3.8, 4) is 0 Å². The van der Waals surface area contributed by atoms with E-state index < -0.39 is 0 Å². The molecule has 5 nitrogen and oxygen atoms in total. The van der Waals surface area contributed by atoms with E-state index in [1.165, 1.54) is 0 Å². The second-order valence-corrected chi connectivity index (χ2v) is 4.51. The van der Waals surface area contributed by atoms with Gasteiger partial charge >= 0.3 is 0 Å². The van der Waals surface area contributed by atoms with E-state index in [-0.39, 0.29) is 12.6 Å². The number of aliphatic hydroxyl groups is 1. The molecule has 0 radical (unpaired) electrons. The molecule has 1 aromatic heterocycles. The molecule has 3 N–H and O–H groups in total. The minimum atomic E-state index is -0.188. The summed E-state index contributed by atoms with van der Waals surface area (Å²) in [4.78, 5) is 8.58. The SMILES string of the molecule is CCCNc1cncc(NC(CO)c2ccccc2)n1. The largest absolute Gasteiger partial charge is 0.394 e. The third-order valence-electron chi connectivity index (χ3n) is 2.90. The summed E-state index contributed by atoms with van der Waals surface area (Å²) in [7, 11) is 0. The van der Waals surface area contributed by atoms with E-state index in [9.17, 15) is 5.11 Å². The molecule has 0 spiro atoms. The fourth-order valence-corrected chi connectivity index (χ4v) is 1.87. The smallest absolute Gasteiger partial charge is 0.147 e. The van der Waals surface area contributed by atoms with Crippen LogP contribution in [0.4, 0.5) is 11.6 Å². The van der Waals surface area contributed by atoms with E-state index in [0.717, 1.165) is 24.3 Å². The van der Waals surface area contributed by atoms with Crippen LogP contribution in [0.1, 0.15) is 24.9 Å². The molecule has 20 heavy (non-hydrogen) atoms. The van der Waals surface area contributed by atoms with Gasteiger partial charge in [0.05, 0.1) is 25.0 Å². The van der Waals surface area contributed by atoms with Crippen molar-refractivity contribution < 1.29 is 5.11 Å². The summed E-state index contributed by atoms with van der Waals surface area (Å²) in [6.07, 6.45) is 4.38. The van der Waals surface area contributed by atoms with Crippen molar-refractivity contribution in [1.29, 1.82) is 0 Å². The number of nitrogens with zero attached hydrogens (tertiary/aromatic N) is 2. The van der Waals surface area contributed by atoms with E-state index in [1.54, 1.807) is 12.4 Å². The van der Waals surface area contributed by atoms with Crippen molar-refractivity contribution >= 4 is 11.6 Å². The first-order valence-corrected chi connectivity index (χ1v) is 6.81. The summed E-state index contributed by atoms with van der Waals surface area (Å²) in [5.41, 5.74) is 1.02. The number of aromatic nitrogens is 2. The van der Waals surface area contributed by atoms with Gasteiger partial charge in [-0.2, -0.15) is 0 Å². The van der Waals surface area contributed by atoms with Crippen molar-refractivity contribution in [2.75, 3.05) is 23.8 Å². The van der Waals surface area contributed by atoms with Gasteiger partial charge in [-0.25, -0.2) is 4.98 Å². The fraction of sp³-hybridized carbons (Fsp3) is 0.333. The Hall–Kier alpha value is -2.14. The summed E-state index contributed by atoms with van der Waals surface area (Å²) < 4.78 is 0. The number of rotatable bonds is 7. The van der Waals surface area contributed by atoms with Crippen molar-refractivity contribution in [2.45, 2.75) is 19.4 Å². The van der Waals surface area contributed by atoms with Gasteiger partial charge in [-0.1, -0.05) is 37.3 Å². The number of aliphatic hydroxyl groups excluding tert-OH is 1. The zero-order valence-corrected chi connectivity index (χ0v) is 11.6. The highest BCUT2D eigenvalue weighted by Crippen LogP contribution is 2.18. The predicted molar refractivity (Wildman–Crippen MR) is 80.7 cm³/mol. The van der Waals surface area contributed by atoms with Crippen LogP contribution in [-0.2, 0) is 0 Å². The minimum Gasteiger partial charge on any atom is -0.394 e. The Bertz CT molecular complexity index is 518. The highest BCUT2D eigenvalue weighted by atomic mass is 16.3. The van der Waals surface area contributed by atoms with Crippen molar-refractivity contribution in [3.05, 3.63) is 48.3 Å². The van der Waals surface area contributed by atoms with E-state index in [0.29, 0.717) is 5.82 Å². The van der Waals surface area contributed by atoms with Gasteiger partial charge in [0.25, 0.3) is 0 Å². The van der Waals surface area contributed by atoms with Gasteiger partial charge in [-0.3, -0.25) is 4.98 Å². The van der Waals surface area contributed by atoms with Gasteiger partial charge in [-0.15, -0.1) is 0 Å². The maximum atomic E-state index is 9.53. The number of hydrogen-bond acceptors (Lipinski definition) is 5. The highest BCUT2D eigenvalue weighted by Gasteiger charge is 2.10. The van der Waals surface area contributed by atoms with Crippen molar-refractivity contribution in [2.24, 2.45) is 0 Å². The molecular formula is C15H20N4O. The molecule has 106 valence electrons. The lowest BCUT2D eigenvalue weighted by atomic mass is 10.1. The fourth-order valence-electron chi connectivity index (χ4n) is 1.87. The molecule has 5 heteroatoms. The van der Waals surface area contributed by atoms with Gasteiger partial charge < -0.3 is 15.7 Å². The Morgan fingerprint density at radius 1 is 1.15 bits per heavy atom. The van der Waals surface area contributed by atoms with Crippen LogP contribution in [0.5, 0.6) is 0 Å². The second-order valence-electron chi connectivity index (χ2n) is 4.51. The van der Waals surface area contributed by atoms with Crippen LogP contribution in [0.3, 0.4) is 0 Å². The molecule has 0 amide bonds. The van der Waals surface area contributed by atoms with Crippen LogP contribution in [0.15, 0.2) is 42.7 Å². The Kier molecular flexibility index (Phi) is 5.32. The molecule has 2 rings (SSSR count). The average Bonchev–Trinajstić information content (AvgIpc) is 2.52. The molecular weight excluding hydrogens is 252 g/mol. The Morgan fingerprint density at radius 2 is 1.90 bits per heavy atom. The topological polar surface area (TPSA) is 70.1 Å². The predicted octanol–water partition coefficient (Wildman–Crippen LogP) is 2.44. The summed E-state index contributed by atoms with van der Waals surface area (Å²) in [6, 6.07) is 9.61. The normalized spacial score (nSPS) is 11.9. The van der Waals surface area contributed by atoms with Crippen LogP contribution in [0.2, 0.25) is 0 Å². The Balaban J connectivity index is 2.07. The summed E-state index contributed by atoms with van der Waals surface area (Å²) in [6.45, 7) is 2.96. The number of nitrogens with one attached hydrogen (secondary N) is 2. The lowest BCUT2D eigenvalue weighted by Crippen LogP contribution is -2.16. The van der Waals surface area contributed by atoms with Crippen LogP contribution >= 0.6 is 0 Å². The molecule has 0 saturated heterocycles. The summed E-state index contributed by atoms with van der Waals surface area (Å²) >= 11 is 0. The van der Waals surface area contributed by atoms with Crippen LogP contribution < -0.4 is 10.6 Å². The maximum Gasteiger partial charge on any atom is 0.147 e. The Labute approximate surface area is 119 Å². The molecule has 0 saturated carbocycles. The summed E-state index contributed by atoms with van der Waals surface area (Å²) in [5.74, 6) is 1.38. The molecule has 1 atom stereocenters. The third-order valence-corrected chi connectivity index (χ3v) is 2.90. The molecule has 1 unspecified atom stereocenters. The number of benzene rings is 1. The molecule has 0 aliphatic carbocycles. The third kappa shape index (κ3) is 3.93. The lowest BCUT2D eigenvalue weighted by Gasteiger charge is -2.17. The van der Waals surface area contributed by atoms with E-state index >= 15 is 0 Å². The maximum absolute atomic E-state index is 9.53. The molecule has 0 bridgehead atoms. The van der Waals surface area contributed by atoms with Gasteiger partial charge in [-0.05, 0) is 12.0 Å².